The van der Waals surface area contributed by atoms with E-state index in [2.05, 4.69) is 6.92 Å². The Kier molecular flexibility index (Phi) is 11.6. The predicted molar refractivity (Wildman–Crippen MR) is 96.6 cm³/mol. The molecule has 0 aromatic heterocycles. The van der Waals surface area contributed by atoms with Crippen molar-refractivity contribution in [2.45, 2.75) is 103 Å². The molecular weight excluding hydrogens is 304 g/mol. The maximum absolute atomic E-state index is 11.0. The lowest BCUT2D eigenvalue weighted by Gasteiger charge is -2.10. The van der Waals surface area contributed by atoms with Gasteiger partial charge in [-0.1, -0.05) is 77.6 Å². The zero-order valence-electron chi connectivity index (χ0n) is 15.3. The number of unbranched alkanes of at least 4 members (excludes halogenated alkanes) is 9. The molecule has 1 rings (SSSR count). The van der Waals surface area contributed by atoms with Crippen molar-refractivity contribution in [2.24, 2.45) is 5.92 Å². The summed E-state index contributed by atoms with van der Waals surface area (Å²) in [6, 6.07) is 0. The first kappa shape index (κ1) is 21.0. The summed E-state index contributed by atoms with van der Waals surface area (Å²) in [4.78, 5) is 11.0. The van der Waals surface area contributed by atoms with E-state index in [4.69, 9.17) is 9.84 Å². The molecule has 0 bridgehead atoms. The molecule has 0 fully saturated rings. The Morgan fingerprint density at radius 3 is 1.83 bits per heavy atom. The standard InChI is InChI=1S/C20H36O4/c1-2-3-4-10-13-17(21)14-11-8-6-5-7-9-12-15-18(20(22)23)19-16-24-19/h16-18,21H,2-15H2,1H3,(H,22,23). The molecule has 0 saturated carbocycles. The molecule has 2 unspecified atom stereocenters. The first-order valence-electron chi connectivity index (χ1n) is 9.92. The Hall–Kier alpha value is -1.03. The van der Waals surface area contributed by atoms with Gasteiger partial charge in [0.2, 0.25) is 0 Å². The minimum atomic E-state index is -0.771. The molecule has 0 aromatic carbocycles. The average molecular weight is 341 g/mol. The van der Waals surface area contributed by atoms with E-state index in [9.17, 15) is 9.90 Å². The van der Waals surface area contributed by atoms with Gasteiger partial charge in [-0.25, -0.2) is 0 Å². The Labute approximate surface area is 147 Å². The number of carbonyl (C=O) groups is 1. The van der Waals surface area contributed by atoms with Crippen LogP contribution < -0.4 is 0 Å². The predicted octanol–water partition coefficient (Wildman–Crippen LogP) is 5.40. The van der Waals surface area contributed by atoms with Crippen LogP contribution in [0.1, 0.15) is 96.8 Å². The fraction of sp³-hybridized carbons (Fsp3) is 0.850. The lowest BCUT2D eigenvalue weighted by atomic mass is 9.99. The maximum atomic E-state index is 11.0. The number of carboxylic acids is 1. The second-order valence-electron chi connectivity index (χ2n) is 7.08. The molecule has 4 heteroatoms. The van der Waals surface area contributed by atoms with Gasteiger partial charge in [0.15, 0.2) is 5.76 Å². The summed E-state index contributed by atoms with van der Waals surface area (Å²) in [5.74, 6) is -0.563. The molecule has 0 amide bonds. The van der Waals surface area contributed by atoms with Crippen molar-refractivity contribution in [1.29, 1.82) is 0 Å². The lowest BCUT2D eigenvalue weighted by Crippen LogP contribution is -2.12. The molecule has 4 nitrogen and oxygen atoms in total. The van der Waals surface area contributed by atoms with Gasteiger partial charge in [-0.15, -0.1) is 0 Å². The van der Waals surface area contributed by atoms with Crippen molar-refractivity contribution in [3.05, 3.63) is 12.0 Å². The fourth-order valence-electron chi connectivity index (χ4n) is 3.15. The molecule has 2 atom stereocenters. The Bertz CT molecular complexity index is 363. The zero-order chi connectivity index (χ0) is 17.6. The van der Waals surface area contributed by atoms with E-state index < -0.39 is 11.9 Å². The van der Waals surface area contributed by atoms with Crippen LogP contribution >= 0.6 is 0 Å². The molecule has 0 aliphatic carbocycles. The van der Waals surface area contributed by atoms with Crippen LogP contribution in [0.3, 0.4) is 0 Å². The quantitative estimate of drug-likeness (QED) is 0.348. The van der Waals surface area contributed by atoms with Gasteiger partial charge in [-0.05, 0) is 19.3 Å². The number of carboxylic acid groups (broad SMARTS) is 1. The number of aliphatic carboxylic acids is 1. The van der Waals surface area contributed by atoms with Crippen LogP contribution in [0.2, 0.25) is 0 Å². The van der Waals surface area contributed by atoms with Gasteiger partial charge in [-0.3, -0.25) is 4.79 Å². The average Bonchev–Trinajstić information content (AvgIpc) is 3.37. The normalized spacial score (nSPS) is 15.5. The molecule has 140 valence electrons. The van der Waals surface area contributed by atoms with Crippen molar-refractivity contribution in [1.82, 2.24) is 0 Å². The summed E-state index contributed by atoms with van der Waals surface area (Å²) < 4.78 is 4.90. The molecule has 0 saturated heterocycles. The highest BCUT2D eigenvalue weighted by Crippen LogP contribution is 2.28. The highest BCUT2D eigenvalue weighted by Gasteiger charge is 2.29. The molecule has 0 aromatic rings. The van der Waals surface area contributed by atoms with E-state index in [1.807, 2.05) is 0 Å². The van der Waals surface area contributed by atoms with Gasteiger partial charge in [-0.2, -0.15) is 0 Å². The third-order valence-electron chi connectivity index (χ3n) is 4.82. The molecule has 0 spiro atoms. The van der Waals surface area contributed by atoms with Crippen molar-refractivity contribution >= 4 is 5.97 Å². The van der Waals surface area contributed by atoms with Crippen LogP contribution in [0.15, 0.2) is 12.0 Å². The number of hydrogen-bond donors (Lipinski definition) is 2. The first-order chi connectivity index (χ1) is 11.6. The van der Waals surface area contributed by atoms with Gasteiger partial charge in [0.05, 0.1) is 6.10 Å². The molecule has 0 radical (unpaired) electrons. The highest BCUT2D eigenvalue weighted by molar-refractivity contribution is 5.73. The molecule has 1 aliphatic rings. The minimum absolute atomic E-state index is 0.103. The zero-order valence-corrected chi connectivity index (χ0v) is 15.3. The van der Waals surface area contributed by atoms with Crippen LogP contribution in [-0.4, -0.2) is 22.3 Å². The van der Waals surface area contributed by atoms with Crippen LogP contribution in [0.5, 0.6) is 0 Å². The number of aliphatic hydroxyl groups excluding tert-OH is 1. The molecule has 1 aliphatic heterocycles. The number of aliphatic hydroxyl groups is 1. The van der Waals surface area contributed by atoms with Crippen LogP contribution in [0.25, 0.3) is 0 Å². The molecule has 2 N–H and O–H groups in total. The summed E-state index contributed by atoms with van der Waals surface area (Å²) in [6.07, 6.45) is 17.0. The number of hydrogen-bond acceptors (Lipinski definition) is 3. The van der Waals surface area contributed by atoms with Crippen LogP contribution in [0, 0.1) is 5.92 Å². The Morgan fingerprint density at radius 2 is 1.38 bits per heavy atom. The summed E-state index contributed by atoms with van der Waals surface area (Å²) in [5.41, 5.74) is 0. The summed E-state index contributed by atoms with van der Waals surface area (Å²) in [7, 11) is 0. The van der Waals surface area contributed by atoms with Gasteiger partial charge in [0.25, 0.3) is 0 Å². The fourth-order valence-corrected chi connectivity index (χ4v) is 3.15. The van der Waals surface area contributed by atoms with E-state index in [0.717, 1.165) is 38.5 Å². The highest BCUT2D eigenvalue weighted by atomic mass is 16.5. The third kappa shape index (κ3) is 10.7. The smallest absolute Gasteiger partial charge is 0.314 e. The van der Waals surface area contributed by atoms with E-state index in [0.29, 0.717) is 12.2 Å². The lowest BCUT2D eigenvalue weighted by molar-refractivity contribution is -0.141. The SMILES string of the molecule is CCCCCCC(O)CCCCCCCCCC(C(=O)O)C1=CO1. The number of ether oxygens (including phenoxy) is 1. The summed E-state index contributed by atoms with van der Waals surface area (Å²) >= 11 is 0. The van der Waals surface area contributed by atoms with Crippen LogP contribution in [-0.2, 0) is 9.53 Å². The Balaban J connectivity index is 1.83. The van der Waals surface area contributed by atoms with Crippen molar-refractivity contribution in [2.75, 3.05) is 0 Å². The van der Waals surface area contributed by atoms with Crippen molar-refractivity contribution < 1.29 is 19.7 Å². The van der Waals surface area contributed by atoms with E-state index in [1.165, 1.54) is 51.2 Å². The van der Waals surface area contributed by atoms with Gasteiger partial charge in [0.1, 0.15) is 12.2 Å². The molecule has 24 heavy (non-hydrogen) atoms. The van der Waals surface area contributed by atoms with Crippen molar-refractivity contribution in [3.8, 4) is 0 Å². The van der Waals surface area contributed by atoms with E-state index in [-0.39, 0.29) is 6.10 Å². The van der Waals surface area contributed by atoms with Gasteiger partial charge < -0.3 is 14.9 Å². The first-order valence-corrected chi connectivity index (χ1v) is 9.92. The van der Waals surface area contributed by atoms with E-state index >= 15 is 0 Å². The van der Waals surface area contributed by atoms with Crippen molar-refractivity contribution in [3.63, 3.8) is 0 Å². The van der Waals surface area contributed by atoms with E-state index in [1.54, 1.807) is 0 Å². The summed E-state index contributed by atoms with van der Waals surface area (Å²) in [5, 5.41) is 19.0. The minimum Gasteiger partial charge on any atom is -0.481 e. The second-order valence-corrected chi connectivity index (χ2v) is 7.08. The largest absolute Gasteiger partial charge is 0.481 e. The molecule has 1 heterocycles. The summed E-state index contributed by atoms with van der Waals surface area (Å²) in [6.45, 7) is 2.21. The topological polar surface area (TPSA) is 70.1 Å². The van der Waals surface area contributed by atoms with Gasteiger partial charge >= 0.3 is 5.97 Å². The van der Waals surface area contributed by atoms with Crippen LogP contribution in [0.4, 0.5) is 0 Å². The molecular formula is C20H36O4. The third-order valence-corrected chi connectivity index (χ3v) is 4.82. The van der Waals surface area contributed by atoms with Gasteiger partial charge in [0, 0.05) is 0 Å². The number of rotatable bonds is 17. The maximum Gasteiger partial charge on any atom is 0.314 e. The monoisotopic (exact) mass is 340 g/mol. The second kappa shape index (κ2) is 13.3. The Morgan fingerprint density at radius 1 is 0.917 bits per heavy atom.